The Morgan fingerprint density at radius 1 is 1.06 bits per heavy atom. The van der Waals surface area contributed by atoms with Crippen LogP contribution in [-0.4, -0.2) is 17.8 Å². The van der Waals surface area contributed by atoms with Gasteiger partial charge in [0.1, 0.15) is 0 Å². The molecule has 4 rings (SSSR count). The van der Waals surface area contributed by atoms with Crippen molar-refractivity contribution in [2.45, 2.75) is 37.2 Å². The lowest BCUT2D eigenvalue weighted by atomic mass is 9.85. The van der Waals surface area contributed by atoms with Gasteiger partial charge in [0.25, 0.3) is 5.60 Å². The lowest BCUT2D eigenvalue weighted by Gasteiger charge is -2.30. The minimum Gasteiger partial charge on any atom is -0.374 e. The number of amides is 1. The summed E-state index contributed by atoms with van der Waals surface area (Å²) >= 11 is 11.8. The van der Waals surface area contributed by atoms with Crippen LogP contribution in [0.3, 0.4) is 0 Å². The number of hydrogen-bond donors (Lipinski definition) is 2. The molecule has 1 atom stereocenters. The van der Waals surface area contributed by atoms with Gasteiger partial charge in [0.2, 0.25) is 5.91 Å². The van der Waals surface area contributed by atoms with E-state index in [4.69, 9.17) is 28.0 Å². The van der Waals surface area contributed by atoms with E-state index in [0.717, 1.165) is 18.9 Å². The highest BCUT2D eigenvalue weighted by Gasteiger charge is 2.62. The van der Waals surface area contributed by atoms with E-state index in [1.54, 1.807) is 0 Å². The Kier molecular flexibility index (Phi) is 6.14. The number of nitrogens with one attached hydrogen (secondary N) is 2. The third kappa shape index (κ3) is 4.76. The zero-order chi connectivity index (χ0) is 24.9. The van der Waals surface area contributed by atoms with Crippen LogP contribution in [-0.2, 0) is 21.4 Å². The van der Waals surface area contributed by atoms with Crippen LogP contribution in [0.5, 0.6) is 0 Å². The molecule has 1 amide bonds. The summed E-state index contributed by atoms with van der Waals surface area (Å²) in [6.07, 6.45) is -9.44. The van der Waals surface area contributed by atoms with Crippen LogP contribution in [0.1, 0.15) is 36.0 Å². The molecule has 1 fully saturated rings. The summed E-state index contributed by atoms with van der Waals surface area (Å²) in [5.41, 5.74) is -0.0921. The number of nitrogens with zero attached hydrogens (tertiary/aromatic N) is 1. The van der Waals surface area contributed by atoms with Gasteiger partial charge in [-0.3, -0.25) is 15.6 Å². The van der Waals surface area contributed by atoms with Gasteiger partial charge >= 0.3 is 12.4 Å². The fourth-order valence-corrected chi connectivity index (χ4v) is 3.82. The quantitative estimate of drug-likeness (QED) is 0.348. The van der Waals surface area contributed by atoms with Gasteiger partial charge in [0.15, 0.2) is 0 Å². The molecule has 0 spiro atoms. The van der Waals surface area contributed by atoms with Crippen molar-refractivity contribution in [2.24, 2.45) is 11.1 Å². The lowest BCUT2D eigenvalue weighted by molar-refractivity contribution is -0.276. The van der Waals surface area contributed by atoms with Gasteiger partial charge in [0, 0.05) is 28.5 Å². The van der Waals surface area contributed by atoms with Crippen LogP contribution < -0.4 is 10.9 Å². The molecule has 2 aliphatic rings. The molecule has 0 unspecified atom stereocenters. The molecule has 1 aliphatic heterocycles. The first kappa shape index (κ1) is 24.5. The predicted molar refractivity (Wildman–Crippen MR) is 112 cm³/mol. The topological polar surface area (TPSA) is 62.7 Å². The van der Waals surface area contributed by atoms with E-state index in [1.165, 1.54) is 18.2 Å². The maximum atomic E-state index is 14.2. The Labute approximate surface area is 199 Å². The molecule has 182 valence electrons. The van der Waals surface area contributed by atoms with Gasteiger partial charge in [-0.1, -0.05) is 34.4 Å². The minimum atomic E-state index is -5.13. The number of halogens is 8. The van der Waals surface area contributed by atoms with Gasteiger partial charge in [-0.15, -0.1) is 0 Å². The molecule has 13 heteroatoms. The van der Waals surface area contributed by atoms with Crippen LogP contribution in [0.15, 0.2) is 41.6 Å². The summed E-state index contributed by atoms with van der Waals surface area (Å²) in [7, 11) is 0. The third-order valence-corrected chi connectivity index (χ3v) is 5.99. The van der Waals surface area contributed by atoms with E-state index in [-0.39, 0.29) is 33.8 Å². The fraction of sp³-hybridized carbons (Fsp3) is 0.333. The number of anilines is 1. The zero-order valence-corrected chi connectivity index (χ0v) is 18.5. The molecule has 0 radical (unpaired) electrons. The molecule has 2 N–H and O–H groups in total. The van der Waals surface area contributed by atoms with Crippen LogP contribution in [0.25, 0.3) is 0 Å². The van der Waals surface area contributed by atoms with E-state index < -0.39 is 40.5 Å². The monoisotopic (exact) mass is 525 g/mol. The predicted octanol–water partition coefficient (Wildman–Crippen LogP) is 6.45. The highest BCUT2D eigenvalue weighted by atomic mass is 35.5. The summed E-state index contributed by atoms with van der Waals surface area (Å²) < 4.78 is 82.2. The van der Waals surface area contributed by atoms with Crippen molar-refractivity contribution in [3.63, 3.8) is 0 Å². The molecule has 1 aliphatic carbocycles. The Hall–Kier alpha value is -2.66. The zero-order valence-electron chi connectivity index (χ0n) is 17.0. The first-order chi connectivity index (χ1) is 15.8. The molecular formula is C21H15Cl2F6N3O2. The number of hydrogen-bond acceptors (Lipinski definition) is 4. The Morgan fingerprint density at radius 3 is 2.38 bits per heavy atom. The number of benzene rings is 2. The number of rotatable bonds is 5. The minimum absolute atomic E-state index is 0.103. The fourth-order valence-electron chi connectivity index (χ4n) is 3.42. The van der Waals surface area contributed by atoms with Gasteiger partial charge in [-0.05, 0) is 43.2 Å². The number of alkyl halides is 6. The SMILES string of the molecule is O=C(NNc1cc(C2=NO[C@](c3cc(Cl)cc(C(F)(F)F)c3)(C(F)(F)F)C2)ccc1Cl)C1CC1. The summed E-state index contributed by atoms with van der Waals surface area (Å²) in [5, 5.41) is 3.18. The van der Waals surface area contributed by atoms with Crippen molar-refractivity contribution in [2.75, 3.05) is 5.43 Å². The van der Waals surface area contributed by atoms with Crippen molar-refractivity contribution < 1.29 is 36.0 Å². The van der Waals surface area contributed by atoms with Crippen LogP contribution >= 0.6 is 23.2 Å². The van der Waals surface area contributed by atoms with Crippen molar-refractivity contribution in [3.8, 4) is 0 Å². The van der Waals surface area contributed by atoms with Crippen LogP contribution in [0.4, 0.5) is 32.0 Å². The molecule has 1 heterocycles. The van der Waals surface area contributed by atoms with Crippen LogP contribution in [0, 0.1) is 5.92 Å². The largest absolute Gasteiger partial charge is 0.435 e. The van der Waals surface area contributed by atoms with Gasteiger partial charge in [0.05, 0.1) is 22.0 Å². The number of oxime groups is 1. The Balaban J connectivity index is 1.64. The molecule has 34 heavy (non-hydrogen) atoms. The van der Waals surface area contributed by atoms with Crippen molar-refractivity contribution in [1.29, 1.82) is 0 Å². The van der Waals surface area contributed by atoms with E-state index in [2.05, 4.69) is 16.0 Å². The second-order valence-corrected chi connectivity index (χ2v) is 8.78. The normalized spacial score (nSPS) is 20.5. The smallest absolute Gasteiger partial charge is 0.374 e. The van der Waals surface area contributed by atoms with Gasteiger partial charge in [-0.2, -0.15) is 26.3 Å². The standard InChI is InChI=1S/C21H15Cl2F6N3O2/c22-14-7-12(6-13(8-14)20(24,25)26)19(21(27,28)29)9-17(32-34-19)11-3-4-15(23)16(5-11)30-31-18(33)10-1-2-10/h3-8,10,30H,1-2,9H2,(H,31,33)/t19-/m1/s1. The Morgan fingerprint density at radius 2 is 1.76 bits per heavy atom. The molecule has 0 bridgehead atoms. The highest BCUT2D eigenvalue weighted by Crippen LogP contribution is 2.50. The van der Waals surface area contributed by atoms with Crippen LogP contribution in [0.2, 0.25) is 10.0 Å². The molecule has 0 aromatic heterocycles. The highest BCUT2D eigenvalue weighted by molar-refractivity contribution is 6.33. The van der Waals surface area contributed by atoms with E-state index in [1.807, 2.05) is 0 Å². The molecule has 0 saturated heterocycles. The second kappa shape index (κ2) is 8.53. The second-order valence-electron chi connectivity index (χ2n) is 7.94. The van der Waals surface area contributed by atoms with Gasteiger partial charge < -0.3 is 4.84 Å². The average Bonchev–Trinajstić information content (AvgIpc) is 3.49. The summed E-state index contributed by atoms with van der Waals surface area (Å²) in [4.78, 5) is 16.6. The number of carbonyl (C=O) groups is 1. The maximum absolute atomic E-state index is 14.2. The third-order valence-electron chi connectivity index (χ3n) is 5.45. The Bertz CT molecular complexity index is 1160. The molecule has 2 aromatic carbocycles. The average molecular weight is 526 g/mol. The van der Waals surface area contributed by atoms with E-state index in [0.29, 0.717) is 12.1 Å². The number of carbonyl (C=O) groups excluding carboxylic acids is 1. The molecular weight excluding hydrogens is 511 g/mol. The van der Waals surface area contributed by atoms with Gasteiger partial charge in [-0.25, -0.2) is 0 Å². The first-order valence-corrected chi connectivity index (χ1v) is 10.6. The van der Waals surface area contributed by atoms with Crippen molar-refractivity contribution >= 4 is 40.5 Å². The molecule has 1 saturated carbocycles. The van der Waals surface area contributed by atoms with Crippen molar-refractivity contribution in [1.82, 2.24) is 5.43 Å². The van der Waals surface area contributed by atoms with Crippen molar-refractivity contribution in [3.05, 3.63) is 63.1 Å². The lowest BCUT2D eigenvalue weighted by Crippen LogP contribution is -2.43. The maximum Gasteiger partial charge on any atom is 0.435 e. The summed E-state index contributed by atoms with van der Waals surface area (Å²) in [6, 6.07) is 5.75. The van der Waals surface area contributed by atoms with E-state index >= 15 is 0 Å². The summed E-state index contributed by atoms with van der Waals surface area (Å²) in [6.45, 7) is 0. The first-order valence-electron chi connectivity index (χ1n) is 9.86. The molecule has 2 aromatic rings. The molecule has 5 nitrogen and oxygen atoms in total. The number of hydrazine groups is 1. The van der Waals surface area contributed by atoms with E-state index in [9.17, 15) is 31.1 Å². The summed E-state index contributed by atoms with van der Waals surface area (Å²) in [5.74, 6) is -0.353.